The number of nitrogens with zero attached hydrogens (tertiary/aromatic N) is 1. The van der Waals surface area contributed by atoms with E-state index in [2.05, 4.69) is 24.8 Å². The molecule has 94 valence electrons. The van der Waals surface area contributed by atoms with Crippen molar-refractivity contribution in [2.24, 2.45) is 0 Å². The van der Waals surface area contributed by atoms with Gasteiger partial charge in [0.25, 0.3) is 5.91 Å². The number of hydrogen-bond acceptors (Lipinski definition) is 1. The van der Waals surface area contributed by atoms with Crippen molar-refractivity contribution in [1.29, 1.82) is 0 Å². The SMILES string of the molecule is CC#CC(=O)N(C/C=C\CC)Cc1ccccc1. The van der Waals surface area contributed by atoms with Gasteiger partial charge in [0.05, 0.1) is 0 Å². The number of allylic oxidation sites excluding steroid dienone is 1. The Kier molecular flexibility index (Phi) is 6.35. The van der Waals surface area contributed by atoms with Crippen LogP contribution < -0.4 is 0 Å². The average molecular weight is 241 g/mol. The summed E-state index contributed by atoms with van der Waals surface area (Å²) in [7, 11) is 0. The van der Waals surface area contributed by atoms with Crippen molar-refractivity contribution < 1.29 is 4.79 Å². The summed E-state index contributed by atoms with van der Waals surface area (Å²) in [6, 6.07) is 9.96. The van der Waals surface area contributed by atoms with E-state index >= 15 is 0 Å². The highest BCUT2D eigenvalue weighted by Crippen LogP contribution is 2.05. The molecule has 0 N–H and O–H groups in total. The van der Waals surface area contributed by atoms with Gasteiger partial charge >= 0.3 is 0 Å². The summed E-state index contributed by atoms with van der Waals surface area (Å²) in [5.41, 5.74) is 1.12. The molecule has 0 bridgehead atoms. The minimum Gasteiger partial charge on any atom is -0.324 e. The second kappa shape index (κ2) is 8.14. The standard InChI is InChI=1S/C16H19NO/c1-3-5-9-13-17(16(18)10-4-2)14-15-11-7-6-8-12-15/h5-9,11-12H,3,13-14H2,1-2H3/b9-5-. The molecule has 2 nitrogen and oxygen atoms in total. The van der Waals surface area contributed by atoms with Crippen LogP contribution in [0.3, 0.4) is 0 Å². The Morgan fingerprint density at radius 1 is 1.28 bits per heavy atom. The van der Waals surface area contributed by atoms with E-state index in [-0.39, 0.29) is 5.91 Å². The van der Waals surface area contributed by atoms with Gasteiger partial charge in [-0.05, 0) is 24.8 Å². The van der Waals surface area contributed by atoms with Crippen molar-refractivity contribution in [2.75, 3.05) is 6.54 Å². The van der Waals surface area contributed by atoms with Crippen LogP contribution in [0, 0.1) is 11.8 Å². The molecule has 0 aliphatic rings. The van der Waals surface area contributed by atoms with Gasteiger partial charge in [0.15, 0.2) is 0 Å². The first-order valence-corrected chi connectivity index (χ1v) is 6.18. The maximum Gasteiger partial charge on any atom is 0.299 e. The van der Waals surface area contributed by atoms with E-state index in [0.29, 0.717) is 13.1 Å². The van der Waals surface area contributed by atoms with Crippen LogP contribution in [-0.4, -0.2) is 17.4 Å². The number of carbonyl (C=O) groups excluding carboxylic acids is 1. The van der Waals surface area contributed by atoms with Gasteiger partial charge in [-0.2, -0.15) is 0 Å². The fraction of sp³-hybridized carbons (Fsp3) is 0.312. The fourth-order valence-electron chi connectivity index (χ4n) is 1.58. The molecule has 1 amide bonds. The Balaban J connectivity index is 2.73. The lowest BCUT2D eigenvalue weighted by molar-refractivity contribution is -0.125. The highest BCUT2D eigenvalue weighted by Gasteiger charge is 2.09. The zero-order chi connectivity index (χ0) is 13.2. The van der Waals surface area contributed by atoms with E-state index in [9.17, 15) is 4.79 Å². The molecule has 1 aromatic rings. The van der Waals surface area contributed by atoms with Crippen molar-refractivity contribution in [3.8, 4) is 11.8 Å². The number of benzene rings is 1. The molecule has 0 aliphatic heterocycles. The Morgan fingerprint density at radius 3 is 2.61 bits per heavy atom. The van der Waals surface area contributed by atoms with Crippen LogP contribution in [0.5, 0.6) is 0 Å². The Morgan fingerprint density at radius 2 is 2.00 bits per heavy atom. The van der Waals surface area contributed by atoms with Gasteiger partial charge in [-0.1, -0.05) is 55.3 Å². The summed E-state index contributed by atoms with van der Waals surface area (Å²) in [5, 5.41) is 0. The second-order valence-corrected chi connectivity index (χ2v) is 3.93. The zero-order valence-electron chi connectivity index (χ0n) is 11.0. The predicted molar refractivity (Wildman–Crippen MR) is 74.7 cm³/mol. The van der Waals surface area contributed by atoms with Crippen LogP contribution in [0.1, 0.15) is 25.8 Å². The first-order valence-electron chi connectivity index (χ1n) is 6.18. The summed E-state index contributed by atoms with van der Waals surface area (Å²) in [6.07, 6.45) is 5.05. The second-order valence-electron chi connectivity index (χ2n) is 3.93. The third kappa shape index (κ3) is 4.88. The van der Waals surface area contributed by atoms with E-state index in [1.54, 1.807) is 11.8 Å². The predicted octanol–water partition coefficient (Wildman–Crippen LogP) is 3.00. The Labute approximate surface area is 109 Å². The third-order valence-electron chi connectivity index (χ3n) is 2.46. The molecule has 0 saturated heterocycles. The minimum absolute atomic E-state index is 0.123. The first kappa shape index (κ1) is 14.1. The molecular weight excluding hydrogens is 222 g/mol. The Hall–Kier alpha value is -2.01. The van der Waals surface area contributed by atoms with Crippen molar-refractivity contribution in [1.82, 2.24) is 4.90 Å². The molecule has 18 heavy (non-hydrogen) atoms. The molecule has 0 spiro atoms. The van der Waals surface area contributed by atoms with Crippen molar-refractivity contribution >= 4 is 5.91 Å². The fourth-order valence-corrected chi connectivity index (χ4v) is 1.58. The summed E-state index contributed by atoms with van der Waals surface area (Å²) < 4.78 is 0. The number of carbonyl (C=O) groups is 1. The molecule has 1 aromatic carbocycles. The highest BCUT2D eigenvalue weighted by molar-refractivity contribution is 5.93. The quantitative estimate of drug-likeness (QED) is 0.573. The summed E-state index contributed by atoms with van der Waals surface area (Å²) in [5.74, 6) is 5.13. The van der Waals surface area contributed by atoms with Crippen LogP contribution in [0.4, 0.5) is 0 Å². The monoisotopic (exact) mass is 241 g/mol. The van der Waals surface area contributed by atoms with Gasteiger partial charge < -0.3 is 4.90 Å². The first-order chi connectivity index (χ1) is 8.77. The highest BCUT2D eigenvalue weighted by atomic mass is 16.2. The topological polar surface area (TPSA) is 20.3 Å². The summed E-state index contributed by atoms with van der Waals surface area (Å²) in [6.45, 7) is 4.96. The number of rotatable bonds is 5. The van der Waals surface area contributed by atoms with Gasteiger partial charge in [-0.3, -0.25) is 4.79 Å². The van der Waals surface area contributed by atoms with Gasteiger partial charge in [0.2, 0.25) is 0 Å². The lowest BCUT2D eigenvalue weighted by atomic mass is 10.2. The lowest BCUT2D eigenvalue weighted by Gasteiger charge is -2.18. The van der Waals surface area contributed by atoms with Crippen molar-refractivity contribution in [3.05, 3.63) is 48.0 Å². The molecular formula is C16H19NO. The average Bonchev–Trinajstić information content (AvgIpc) is 2.39. The van der Waals surface area contributed by atoms with Crippen molar-refractivity contribution in [2.45, 2.75) is 26.8 Å². The normalized spacial score (nSPS) is 9.89. The van der Waals surface area contributed by atoms with E-state index in [0.717, 1.165) is 12.0 Å². The largest absolute Gasteiger partial charge is 0.324 e. The van der Waals surface area contributed by atoms with Crippen molar-refractivity contribution in [3.63, 3.8) is 0 Å². The molecule has 0 atom stereocenters. The van der Waals surface area contributed by atoms with Crippen LogP contribution in [0.25, 0.3) is 0 Å². The van der Waals surface area contributed by atoms with E-state index in [4.69, 9.17) is 0 Å². The van der Waals surface area contributed by atoms with Crippen LogP contribution in [0.15, 0.2) is 42.5 Å². The summed E-state index contributed by atoms with van der Waals surface area (Å²) in [4.78, 5) is 13.6. The maximum atomic E-state index is 11.9. The molecule has 0 fully saturated rings. The van der Waals surface area contributed by atoms with E-state index in [1.807, 2.05) is 36.4 Å². The molecule has 0 aliphatic carbocycles. The number of hydrogen-bond donors (Lipinski definition) is 0. The van der Waals surface area contributed by atoms with Gasteiger partial charge in [0.1, 0.15) is 0 Å². The zero-order valence-corrected chi connectivity index (χ0v) is 11.0. The molecule has 0 unspecified atom stereocenters. The van der Waals surface area contributed by atoms with Gasteiger partial charge in [-0.15, -0.1) is 0 Å². The molecule has 0 aromatic heterocycles. The third-order valence-corrected chi connectivity index (χ3v) is 2.46. The maximum absolute atomic E-state index is 11.9. The lowest BCUT2D eigenvalue weighted by Crippen LogP contribution is -2.29. The van der Waals surface area contributed by atoms with Crippen LogP contribution >= 0.6 is 0 Å². The molecule has 0 radical (unpaired) electrons. The molecule has 0 heterocycles. The van der Waals surface area contributed by atoms with E-state index in [1.165, 1.54) is 0 Å². The van der Waals surface area contributed by atoms with E-state index < -0.39 is 0 Å². The molecule has 1 rings (SSSR count). The molecule has 0 saturated carbocycles. The number of amides is 1. The Bertz CT molecular complexity index is 451. The smallest absolute Gasteiger partial charge is 0.299 e. The minimum atomic E-state index is -0.123. The van der Waals surface area contributed by atoms with Crippen LogP contribution in [-0.2, 0) is 11.3 Å². The summed E-state index contributed by atoms with van der Waals surface area (Å²) >= 11 is 0. The van der Waals surface area contributed by atoms with Gasteiger partial charge in [-0.25, -0.2) is 0 Å². The molecule has 2 heteroatoms. The van der Waals surface area contributed by atoms with Gasteiger partial charge in [0, 0.05) is 13.1 Å². The van der Waals surface area contributed by atoms with Crippen LogP contribution in [0.2, 0.25) is 0 Å².